The molecule has 0 radical (unpaired) electrons. The molecule has 4 N–H and O–H groups in total. The van der Waals surface area contributed by atoms with Crippen molar-refractivity contribution in [2.24, 2.45) is 5.14 Å². The van der Waals surface area contributed by atoms with Gasteiger partial charge in [0.25, 0.3) is 15.9 Å². The van der Waals surface area contributed by atoms with Gasteiger partial charge in [-0.25, -0.2) is 27.0 Å². The van der Waals surface area contributed by atoms with Crippen LogP contribution in [-0.2, 0) is 20.0 Å². The number of anilines is 2. The maximum Gasteiger partial charge on any atom is 0.261 e. The number of nitrogens with two attached hydrogens (primary N) is 1. The average Bonchev–Trinajstić information content (AvgIpc) is 3.15. The minimum Gasteiger partial charge on any atom is -0.298 e. The summed E-state index contributed by atoms with van der Waals surface area (Å²) in [5, 5.41) is 8.08. The van der Waals surface area contributed by atoms with Gasteiger partial charge in [0, 0.05) is 11.3 Å². The maximum absolute atomic E-state index is 12.6. The average molecular weight is 503 g/mol. The Balaban J connectivity index is 1.48. The van der Waals surface area contributed by atoms with Gasteiger partial charge in [-0.3, -0.25) is 14.8 Å². The molecule has 0 saturated heterocycles. The number of aromatic nitrogens is 1. The molecule has 1 heterocycles. The lowest BCUT2D eigenvalue weighted by Crippen LogP contribution is -2.14. The van der Waals surface area contributed by atoms with Gasteiger partial charge >= 0.3 is 0 Å². The van der Waals surface area contributed by atoms with Crippen LogP contribution in [0, 0.1) is 6.92 Å². The fourth-order valence-electron chi connectivity index (χ4n) is 2.93. The predicted octanol–water partition coefficient (Wildman–Crippen LogP) is 3.31. The number of carbonyl (C=O) groups is 1. The first-order valence-electron chi connectivity index (χ1n) is 9.46. The molecule has 170 valence electrons. The zero-order valence-electron chi connectivity index (χ0n) is 17.1. The fraction of sp³-hybridized carbons (Fsp3) is 0.0476. The van der Waals surface area contributed by atoms with Gasteiger partial charge in [0.05, 0.1) is 20.0 Å². The molecule has 0 spiro atoms. The molecule has 4 rings (SSSR count). The number of thiazole rings is 1. The first-order chi connectivity index (χ1) is 15.5. The first kappa shape index (κ1) is 22.9. The zero-order valence-corrected chi connectivity index (χ0v) is 19.6. The van der Waals surface area contributed by atoms with E-state index in [1.54, 1.807) is 12.1 Å². The number of nitrogens with zero attached hydrogens (tertiary/aromatic N) is 1. The SMILES string of the molecule is Cc1ccc(S(=O)(=O)Nc2ccc(C(=O)Nc3nc4ccc(S(N)(=O)=O)cc4s3)cc2)cc1. The summed E-state index contributed by atoms with van der Waals surface area (Å²) in [6.45, 7) is 1.86. The number of hydrogen-bond donors (Lipinski definition) is 3. The molecule has 4 aromatic rings. The third-order valence-electron chi connectivity index (χ3n) is 4.64. The summed E-state index contributed by atoms with van der Waals surface area (Å²) in [4.78, 5) is 16.9. The van der Waals surface area contributed by atoms with E-state index in [2.05, 4.69) is 15.0 Å². The zero-order chi connectivity index (χ0) is 23.8. The summed E-state index contributed by atoms with van der Waals surface area (Å²) in [6, 6.07) is 16.6. The summed E-state index contributed by atoms with van der Waals surface area (Å²) in [5.41, 5.74) is 2.06. The lowest BCUT2D eigenvalue weighted by atomic mass is 10.2. The molecule has 0 aliphatic carbocycles. The second kappa shape index (κ2) is 8.56. The van der Waals surface area contributed by atoms with Crippen LogP contribution >= 0.6 is 11.3 Å². The number of rotatable bonds is 6. The number of fused-ring (bicyclic) bond motifs is 1. The van der Waals surface area contributed by atoms with Gasteiger partial charge in [-0.2, -0.15) is 0 Å². The normalized spacial score (nSPS) is 11.9. The van der Waals surface area contributed by atoms with Gasteiger partial charge in [-0.1, -0.05) is 29.0 Å². The molecular formula is C21H18N4O5S3. The number of carbonyl (C=O) groups excluding carboxylic acids is 1. The first-order valence-corrected chi connectivity index (χ1v) is 13.3. The van der Waals surface area contributed by atoms with Crippen LogP contribution in [0.2, 0.25) is 0 Å². The number of aryl methyl sites for hydroxylation is 1. The minimum atomic E-state index is -3.85. The summed E-state index contributed by atoms with van der Waals surface area (Å²) in [7, 11) is -7.60. The molecule has 33 heavy (non-hydrogen) atoms. The largest absolute Gasteiger partial charge is 0.298 e. The molecule has 1 aromatic heterocycles. The molecule has 0 unspecified atom stereocenters. The van der Waals surface area contributed by atoms with Gasteiger partial charge in [-0.15, -0.1) is 0 Å². The van der Waals surface area contributed by atoms with Crippen LogP contribution in [0.3, 0.4) is 0 Å². The molecule has 0 saturated carbocycles. The topological polar surface area (TPSA) is 148 Å². The van der Waals surface area contributed by atoms with E-state index >= 15 is 0 Å². The van der Waals surface area contributed by atoms with E-state index in [0.717, 1.165) is 16.9 Å². The highest BCUT2D eigenvalue weighted by molar-refractivity contribution is 7.92. The standard InChI is InChI=1S/C21H18N4O5S3/c1-13-2-8-16(9-3-13)33(29,30)25-15-6-4-14(5-7-15)20(26)24-21-23-18-11-10-17(32(22,27)28)12-19(18)31-21/h2-12,25H,1H3,(H2,22,27,28)(H,23,24,26). The van der Waals surface area contributed by atoms with E-state index < -0.39 is 26.0 Å². The van der Waals surface area contributed by atoms with Crippen LogP contribution in [0.4, 0.5) is 10.8 Å². The highest BCUT2D eigenvalue weighted by Gasteiger charge is 2.16. The van der Waals surface area contributed by atoms with Crippen molar-refractivity contribution in [1.29, 1.82) is 0 Å². The monoisotopic (exact) mass is 502 g/mol. The van der Waals surface area contributed by atoms with Crippen molar-refractivity contribution < 1.29 is 21.6 Å². The Hall–Kier alpha value is -3.32. The number of amides is 1. The molecule has 0 fully saturated rings. The summed E-state index contributed by atoms with van der Waals surface area (Å²) in [5.74, 6) is -0.450. The van der Waals surface area contributed by atoms with Crippen LogP contribution < -0.4 is 15.2 Å². The van der Waals surface area contributed by atoms with E-state index in [4.69, 9.17) is 5.14 Å². The smallest absolute Gasteiger partial charge is 0.261 e. The maximum atomic E-state index is 12.6. The predicted molar refractivity (Wildman–Crippen MR) is 127 cm³/mol. The number of sulfonamides is 2. The molecule has 0 aliphatic heterocycles. The summed E-state index contributed by atoms with van der Waals surface area (Å²) < 4.78 is 51.0. The van der Waals surface area contributed by atoms with Crippen LogP contribution in [0.5, 0.6) is 0 Å². The summed E-state index contributed by atoms with van der Waals surface area (Å²) in [6.07, 6.45) is 0. The number of nitrogens with one attached hydrogen (secondary N) is 2. The Morgan fingerprint density at radius 1 is 0.909 bits per heavy atom. The fourth-order valence-corrected chi connectivity index (χ4v) is 5.50. The second-order valence-corrected chi connectivity index (χ2v) is 11.4. The van der Waals surface area contributed by atoms with Crippen molar-refractivity contribution >= 4 is 58.3 Å². The molecule has 1 amide bonds. The van der Waals surface area contributed by atoms with Crippen LogP contribution in [0.15, 0.2) is 76.5 Å². The van der Waals surface area contributed by atoms with Crippen molar-refractivity contribution in [2.45, 2.75) is 16.7 Å². The van der Waals surface area contributed by atoms with Gasteiger partial charge in [0.1, 0.15) is 0 Å². The highest BCUT2D eigenvalue weighted by atomic mass is 32.2. The molecule has 0 aliphatic rings. The van der Waals surface area contributed by atoms with Crippen LogP contribution in [0.25, 0.3) is 10.2 Å². The van der Waals surface area contributed by atoms with Crippen molar-refractivity contribution in [2.75, 3.05) is 10.0 Å². The van der Waals surface area contributed by atoms with E-state index in [0.29, 0.717) is 15.9 Å². The third-order valence-corrected chi connectivity index (χ3v) is 7.88. The Morgan fingerprint density at radius 2 is 1.55 bits per heavy atom. The Kier molecular flexibility index (Phi) is 5.93. The Labute approximate surface area is 194 Å². The summed E-state index contributed by atoms with van der Waals surface area (Å²) >= 11 is 1.11. The minimum absolute atomic E-state index is 0.0415. The van der Waals surface area contributed by atoms with Crippen LogP contribution in [0.1, 0.15) is 15.9 Å². The molecule has 0 atom stereocenters. The molecule has 3 aromatic carbocycles. The number of benzene rings is 3. The molecule has 0 bridgehead atoms. The number of primary sulfonamides is 1. The number of hydrogen-bond acceptors (Lipinski definition) is 7. The second-order valence-electron chi connectivity index (χ2n) is 7.14. The van der Waals surface area contributed by atoms with E-state index in [1.165, 1.54) is 54.6 Å². The lowest BCUT2D eigenvalue weighted by molar-refractivity contribution is 0.102. The van der Waals surface area contributed by atoms with Crippen LogP contribution in [-0.4, -0.2) is 27.7 Å². The third kappa shape index (κ3) is 5.20. The van der Waals surface area contributed by atoms with Crippen molar-refractivity contribution in [1.82, 2.24) is 4.98 Å². The van der Waals surface area contributed by atoms with E-state index in [1.807, 2.05) is 6.92 Å². The van der Waals surface area contributed by atoms with Crippen molar-refractivity contribution in [3.8, 4) is 0 Å². The van der Waals surface area contributed by atoms with Gasteiger partial charge < -0.3 is 0 Å². The lowest BCUT2D eigenvalue weighted by Gasteiger charge is -2.09. The molecular weight excluding hydrogens is 484 g/mol. The van der Waals surface area contributed by atoms with Crippen molar-refractivity contribution in [3.63, 3.8) is 0 Å². The Morgan fingerprint density at radius 3 is 2.18 bits per heavy atom. The molecule has 9 nitrogen and oxygen atoms in total. The molecule has 12 heteroatoms. The van der Waals surface area contributed by atoms with Gasteiger partial charge in [0.15, 0.2) is 5.13 Å². The van der Waals surface area contributed by atoms with Gasteiger partial charge in [-0.05, 0) is 61.5 Å². The Bertz CT molecular complexity index is 1560. The van der Waals surface area contributed by atoms with Crippen molar-refractivity contribution in [3.05, 3.63) is 77.9 Å². The van der Waals surface area contributed by atoms with E-state index in [-0.39, 0.29) is 20.5 Å². The van der Waals surface area contributed by atoms with Gasteiger partial charge in [0.2, 0.25) is 10.0 Å². The quantitative estimate of drug-likeness (QED) is 0.368. The highest BCUT2D eigenvalue weighted by Crippen LogP contribution is 2.28. The van der Waals surface area contributed by atoms with E-state index in [9.17, 15) is 21.6 Å².